The van der Waals surface area contributed by atoms with E-state index in [1.54, 1.807) is 52.0 Å². The van der Waals surface area contributed by atoms with E-state index in [2.05, 4.69) is 5.32 Å². The van der Waals surface area contributed by atoms with Crippen molar-refractivity contribution in [1.82, 2.24) is 5.32 Å². The van der Waals surface area contributed by atoms with Gasteiger partial charge in [0.25, 0.3) is 5.91 Å². The molecule has 21 heavy (non-hydrogen) atoms. The molecule has 1 aromatic carbocycles. The summed E-state index contributed by atoms with van der Waals surface area (Å²) in [6.45, 7) is 9.03. The fourth-order valence-corrected chi connectivity index (χ4v) is 1.65. The summed E-state index contributed by atoms with van der Waals surface area (Å²) in [7, 11) is 0. The highest BCUT2D eigenvalue weighted by molar-refractivity contribution is 5.95. The molecule has 116 valence electrons. The molecule has 0 aliphatic carbocycles. The van der Waals surface area contributed by atoms with Gasteiger partial charge in [-0.1, -0.05) is 0 Å². The molecule has 0 bridgehead atoms. The maximum atomic E-state index is 12.3. The lowest BCUT2D eigenvalue weighted by molar-refractivity contribution is -0.150. The van der Waals surface area contributed by atoms with Gasteiger partial charge in [-0.3, -0.25) is 9.59 Å². The van der Waals surface area contributed by atoms with Gasteiger partial charge in [-0.05, 0) is 58.9 Å². The normalized spacial score (nSPS) is 11.9. The second-order valence-corrected chi connectivity index (χ2v) is 5.97. The zero-order valence-electron chi connectivity index (χ0n) is 13.2. The molecule has 1 rings (SSSR count). The fraction of sp³-hybridized carbons (Fsp3) is 0.500. The first-order valence-corrected chi connectivity index (χ1v) is 6.90. The van der Waals surface area contributed by atoms with E-state index in [1.807, 2.05) is 6.92 Å². The number of ether oxygens (including phenoxy) is 1. The summed E-state index contributed by atoms with van der Waals surface area (Å²) in [6, 6.07) is 6.75. The Balaban J connectivity index is 2.87. The highest BCUT2D eigenvalue weighted by Gasteiger charge is 2.44. The Morgan fingerprint density at radius 1 is 1.14 bits per heavy atom. The Morgan fingerprint density at radius 2 is 1.67 bits per heavy atom. The lowest BCUT2D eigenvalue weighted by Crippen LogP contribution is -2.56. The maximum Gasteiger partial charge on any atom is 0.311 e. The number of hydrogen-bond acceptors (Lipinski definition) is 3. The van der Waals surface area contributed by atoms with Crippen molar-refractivity contribution in [3.8, 4) is 5.75 Å². The van der Waals surface area contributed by atoms with Crippen LogP contribution in [0.25, 0.3) is 0 Å². The van der Waals surface area contributed by atoms with Gasteiger partial charge in [0, 0.05) is 5.56 Å². The molecule has 1 amide bonds. The number of hydrogen-bond donors (Lipinski definition) is 2. The van der Waals surface area contributed by atoms with Crippen molar-refractivity contribution in [2.24, 2.45) is 5.41 Å². The quantitative estimate of drug-likeness (QED) is 0.845. The highest BCUT2D eigenvalue weighted by atomic mass is 16.5. The number of carbonyl (C=O) groups excluding carboxylic acids is 1. The van der Waals surface area contributed by atoms with Gasteiger partial charge in [0.15, 0.2) is 0 Å². The van der Waals surface area contributed by atoms with E-state index in [0.717, 1.165) is 0 Å². The highest BCUT2D eigenvalue weighted by Crippen LogP contribution is 2.31. The van der Waals surface area contributed by atoms with Crippen molar-refractivity contribution in [1.29, 1.82) is 0 Å². The Labute approximate surface area is 125 Å². The van der Waals surface area contributed by atoms with E-state index in [4.69, 9.17) is 4.74 Å². The van der Waals surface area contributed by atoms with Crippen LogP contribution in [-0.4, -0.2) is 29.1 Å². The molecule has 2 N–H and O–H groups in total. The fourth-order valence-electron chi connectivity index (χ4n) is 1.65. The maximum absolute atomic E-state index is 12.3. The minimum atomic E-state index is -1.09. The molecule has 0 saturated carbocycles. The first-order chi connectivity index (χ1) is 9.61. The monoisotopic (exact) mass is 293 g/mol. The van der Waals surface area contributed by atoms with Gasteiger partial charge in [-0.2, -0.15) is 0 Å². The number of benzene rings is 1. The number of aliphatic carboxylic acids is 1. The molecule has 0 aliphatic heterocycles. The second-order valence-electron chi connectivity index (χ2n) is 5.97. The van der Waals surface area contributed by atoms with Crippen LogP contribution < -0.4 is 10.1 Å². The Morgan fingerprint density at radius 3 is 2.10 bits per heavy atom. The van der Waals surface area contributed by atoms with Crippen molar-refractivity contribution in [2.75, 3.05) is 6.61 Å². The number of amides is 1. The van der Waals surface area contributed by atoms with Gasteiger partial charge < -0.3 is 15.2 Å². The summed E-state index contributed by atoms with van der Waals surface area (Å²) in [5.74, 6) is -0.573. The predicted octanol–water partition coefficient (Wildman–Crippen LogP) is 2.70. The molecule has 0 fully saturated rings. The molecule has 0 spiro atoms. The molecule has 0 aromatic heterocycles. The average molecular weight is 293 g/mol. The second kappa shape index (κ2) is 6.16. The molecular weight excluding hydrogens is 270 g/mol. The van der Waals surface area contributed by atoms with Crippen LogP contribution in [0.4, 0.5) is 0 Å². The third-order valence-corrected chi connectivity index (χ3v) is 3.95. The number of rotatable bonds is 6. The number of nitrogens with one attached hydrogen (secondary N) is 1. The molecule has 0 saturated heterocycles. The van der Waals surface area contributed by atoms with Crippen LogP contribution in [0.3, 0.4) is 0 Å². The summed E-state index contributed by atoms with van der Waals surface area (Å²) in [6.07, 6.45) is 0. The van der Waals surface area contributed by atoms with Crippen LogP contribution >= 0.6 is 0 Å². The molecule has 5 heteroatoms. The molecule has 0 heterocycles. The molecule has 1 aromatic rings. The lowest BCUT2D eigenvalue weighted by atomic mass is 9.74. The van der Waals surface area contributed by atoms with Crippen molar-refractivity contribution >= 4 is 11.9 Å². The molecule has 0 aliphatic rings. The standard InChI is InChI=1S/C16H23NO4/c1-6-21-12-9-7-11(8-10-12)13(18)17-16(4,5)15(2,3)14(19)20/h7-10H,6H2,1-5H3,(H,17,18)(H,19,20). The number of carboxylic acid groups (broad SMARTS) is 1. The van der Waals surface area contributed by atoms with Crippen LogP contribution in [-0.2, 0) is 4.79 Å². The van der Waals surface area contributed by atoms with E-state index in [0.29, 0.717) is 17.9 Å². The third-order valence-electron chi connectivity index (χ3n) is 3.95. The van der Waals surface area contributed by atoms with E-state index in [-0.39, 0.29) is 5.91 Å². The van der Waals surface area contributed by atoms with E-state index >= 15 is 0 Å². The van der Waals surface area contributed by atoms with Crippen LogP contribution in [0.1, 0.15) is 45.0 Å². The van der Waals surface area contributed by atoms with Crippen LogP contribution in [0.15, 0.2) is 24.3 Å². The minimum Gasteiger partial charge on any atom is -0.494 e. The topological polar surface area (TPSA) is 75.6 Å². The van der Waals surface area contributed by atoms with Gasteiger partial charge in [0.2, 0.25) is 0 Å². The van der Waals surface area contributed by atoms with E-state index in [9.17, 15) is 14.7 Å². The van der Waals surface area contributed by atoms with E-state index in [1.165, 1.54) is 0 Å². The zero-order valence-corrected chi connectivity index (χ0v) is 13.2. The summed E-state index contributed by atoms with van der Waals surface area (Å²) in [5.41, 5.74) is -1.52. The van der Waals surface area contributed by atoms with Gasteiger partial charge in [-0.15, -0.1) is 0 Å². The summed E-state index contributed by atoms with van der Waals surface area (Å²) in [5, 5.41) is 12.1. The Bertz CT molecular complexity index is 518. The van der Waals surface area contributed by atoms with Crippen molar-refractivity contribution in [3.05, 3.63) is 29.8 Å². The lowest BCUT2D eigenvalue weighted by Gasteiger charge is -2.38. The SMILES string of the molecule is CCOc1ccc(C(=O)NC(C)(C)C(C)(C)C(=O)O)cc1. The van der Waals surface area contributed by atoms with Crippen molar-refractivity contribution < 1.29 is 19.4 Å². The van der Waals surface area contributed by atoms with Crippen LogP contribution in [0.5, 0.6) is 5.75 Å². The van der Waals surface area contributed by atoms with Gasteiger partial charge >= 0.3 is 5.97 Å². The number of carbonyl (C=O) groups is 2. The molecule has 0 unspecified atom stereocenters. The molecule has 0 radical (unpaired) electrons. The summed E-state index contributed by atoms with van der Waals surface area (Å²) in [4.78, 5) is 23.6. The minimum absolute atomic E-state index is 0.308. The summed E-state index contributed by atoms with van der Waals surface area (Å²) < 4.78 is 5.32. The Hall–Kier alpha value is -2.04. The molecule has 5 nitrogen and oxygen atoms in total. The van der Waals surface area contributed by atoms with Crippen LogP contribution in [0.2, 0.25) is 0 Å². The van der Waals surface area contributed by atoms with Gasteiger partial charge in [0.05, 0.1) is 17.6 Å². The van der Waals surface area contributed by atoms with Crippen LogP contribution in [0, 0.1) is 5.41 Å². The predicted molar refractivity (Wildman–Crippen MR) is 80.6 cm³/mol. The third kappa shape index (κ3) is 3.74. The van der Waals surface area contributed by atoms with Gasteiger partial charge in [-0.25, -0.2) is 0 Å². The van der Waals surface area contributed by atoms with Gasteiger partial charge in [0.1, 0.15) is 5.75 Å². The van der Waals surface area contributed by atoms with Crippen molar-refractivity contribution in [3.63, 3.8) is 0 Å². The largest absolute Gasteiger partial charge is 0.494 e. The zero-order chi connectivity index (χ0) is 16.3. The summed E-state index contributed by atoms with van der Waals surface area (Å²) >= 11 is 0. The van der Waals surface area contributed by atoms with Crippen molar-refractivity contribution in [2.45, 2.75) is 40.2 Å². The Kier molecular flexibility index (Phi) is 4.99. The average Bonchev–Trinajstić information content (AvgIpc) is 2.39. The smallest absolute Gasteiger partial charge is 0.311 e. The first kappa shape index (κ1) is 17.0. The molecule has 0 atom stereocenters. The molecular formula is C16H23NO4. The number of carboxylic acids is 1. The first-order valence-electron chi connectivity index (χ1n) is 6.90. The van der Waals surface area contributed by atoms with E-state index < -0.39 is 16.9 Å².